The normalized spacial score (nSPS) is 42.5. The van der Waals surface area contributed by atoms with Crippen molar-refractivity contribution in [2.24, 2.45) is 17.8 Å². The predicted octanol–water partition coefficient (Wildman–Crippen LogP) is 4.22. The van der Waals surface area contributed by atoms with Crippen LogP contribution in [0.2, 0.25) is 0 Å². The third kappa shape index (κ3) is 2.03. The molecule has 2 aliphatic carbocycles. The summed E-state index contributed by atoms with van der Waals surface area (Å²) in [5.41, 5.74) is 0. The van der Waals surface area contributed by atoms with Gasteiger partial charge in [-0.15, -0.1) is 11.6 Å². The fourth-order valence-electron chi connectivity index (χ4n) is 3.37. The summed E-state index contributed by atoms with van der Waals surface area (Å²) in [4.78, 5) is 0. The van der Waals surface area contributed by atoms with Crippen LogP contribution in [-0.4, -0.2) is 5.38 Å². The molecule has 0 spiro atoms. The average Bonchev–Trinajstić information content (AvgIpc) is 2.49. The van der Waals surface area contributed by atoms with Crippen molar-refractivity contribution >= 4 is 11.6 Å². The van der Waals surface area contributed by atoms with Crippen molar-refractivity contribution < 1.29 is 0 Å². The Morgan fingerprint density at radius 2 is 1.62 bits per heavy atom. The van der Waals surface area contributed by atoms with Crippen molar-refractivity contribution in [2.75, 3.05) is 0 Å². The highest BCUT2D eigenvalue weighted by molar-refractivity contribution is 6.20. The maximum Gasteiger partial charge on any atom is 0.0364 e. The number of alkyl halides is 1. The third-order valence-corrected chi connectivity index (χ3v) is 4.89. The lowest BCUT2D eigenvalue weighted by Crippen LogP contribution is -2.22. The molecule has 13 heavy (non-hydrogen) atoms. The Morgan fingerprint density at radius 1 is 0.923 bits per heavy atom. The molecule has 2 saturated carbocycles. The number of hydrogen-bond donors (Lipinski definition) is 0. The SMILES string of the molecule is CC1C(Cl)CCC1C1CCCCC1. The number of rotatable bonds is 1. The van der Waals surface area contributed by atoms with E-state index in [1.165, 1.54) is 44.9 Å². The minimum absolute atomic E-state index is 0.479. The first-order valence-corrected chi connectivity index (χ1v) is 6.36. The second kappa shape index (κ2) is 4.21. The van der Waals surface area contributed by atoms with Gasteiger partial charge in [0.2, 0.25) is 0 Å². The Hall–Kier alpha value is 0.290. The first kappa shape index (κ1) is 9.83. The van der Waals surface area contributed by atoms with Crippen molar-refractivity contribution in [3.63, 3.8) is 0 Å². The molecule has 0 amide bonds. The van der Waals surface area contributed by atoms with Crippen LogP contribution < -0.4 is 0 Å². The minimum atomic E-state index is 0.479. The molecule has 0 N–H and O–H groups in total. The Labute approximate surface area is 87.0 Å². The minimum Gasteiger partial charge on any atom is -0.123 e. The van der Waals surface area contributed by atoms with Gasteiger partial charge in [0.1, 0.15) is 0 Å². The van der Waals surface area contributed by atoms with Crippen LogP contribution >= 0.6 is 11.6 Å². The topological polar surface area (TPSA) is 0 Å². The molecule has 0 aliphatic heterocycles. The molecular weight excluding hydrogens is 180 g/mol. The average molecular weight is 201 g/mol. The van der Waals surface area contributed by atoms with Gasteiger partial charge < -0.3 is 0 Å². The van der Waals surface area contributed by atoms with E-state index >= 15 is 0 Å². The van der Waals surface area contributed by atoms with Gasteiger partial charge in [-0.1, -0.05) is 39.0 Å². The maximum atomic E-state index is 6.28. The first-order valence-electron chi connectivity index (χ1n) is 5.93. The molecule has 0 radical (unpaired) electrons. The van der Waals surface area contributed by atoms with Crippen molar-refractivity contribution in [1.82, 2.24) is 0 Å². The van der Waals surface area contributed by atoms with Crippen LogP contribution in [0.5, 0.6) is 0 Å². The largest absolute Gasteiger partial charge is 0.123 e. The Balaban J connectivity index is 1.92. The third-order valence-electron chi connectivity index (χ3n) is 4.28. The van der Waals surface area contributed by atoms with Crippen molar-refractivity contribution in [1.29, 1.82) is 0 Å². The van der Waals surface area contributed by atoms with Crippen LogP contribution in [0.4, 0.5) is 0 Å². The van der Waals surface area contributed by atoms with Gasteiger partial charge in [-0.2, -0.15) is 0 Å². The monoisotopic (exact) mass is 200 g/mol. The molecule has 0 aromatic heterocycles. The number of halogens is 1. The summed E-state index contributed by atoms with van der Waals surface area (Å²) >= 11 is 6.28. The van der Waals surface area contributed by atoms with E-state index in [4.69, 9.17) is 11.6 Å². The van der Waals surface area contributed by atoms with E-state index in [1.807, 2.05) is 0 Å². The van der Waals surface area contributed by atoms with E-state index < -0.39 is 0 Å². The zero-order valence-electron chi connectivity index (χ0n) is 8.64. The molecule has 0 aromatic rings. The maximum absolute atomic E-state index is 6.28. The van der Waals surface area contributed by atoms with Gasteiger partial charge in [0.15, 0.2) is 0 Å². The van der Waals surface area contributed by atoms with E-state index in [-0.39, 0.29) is 0 Å². The lowest BCUT2D eigenvalue weighted by Gasteiger charge is -2.30. The molecule has 0 nitrogen and oxygen atoms in total. The quantitative estimate of drug-likeness (QED) is 0.556. The molecule has 2 rings (SSSR count). The molecule has 76 valence electrons. The van der Waals surface area contributed by atoms with Crippen LogP contribution in [0.3, 0.4) is 0 Å². The summed E-state index contributed by atoms with van der Waals surface area (Å²) < 4.78 is 0. The van der Waals surface area contributed by atoms with E-state index in [0.717, 1.165) is 17.8 Å². The molecule has 3 atom stereocenters. The lowest BCUT2D eigenvalue weighted by atomic mass is 9.76. The summed E-state index contributed by atoms with van der Waals surface area (Å²) in [6.45, 7) is 2.37. The van der Waals surface area contributed by atoms with E-state index in [0.29, 0.717) is 5.38 Å². The summed E-state index contributed by atoms with van der Waals surface area (Å²) in [5, 5.41) is 0.479. The first-order chi connectivity index (χ1) is 6.29. The van der Waals surface area contributed by atoms with Crippen LogP contribution in [0.15, 0.2) is 0 Å². The highest BCUT2D eigenvalue weighted by Gasteiger charge is 2.36. The van der Waals surface area contributed by atoms with E-state index in [9.17, 15) is 0 Å². The zero-order chi connectivity index (χ0) is 9.26. The predicted molar refractivity (Wildman–Crippen MR) is 58.1 cm³/mol. The van der Waals surface area contributed by atoms with Crippen molar-refractivity contribution in [3.05, 3.63) is 0 Å². The summed E-state index contributed by atoms with van der Waals surface area (Å²) in [7, 11) is 0. The highest BCUT2D eigenvalue weighted by Crippen LogP contribution is 2.44. The van der Waals surface area contributed by atoms with Crippen molar-refractivity contribution in [3.8, 4) is 0 Å². The van der Waals surface area contributed by atoms with Crippen LogP contribution in [0, 0.1) is 17.8 Å². The summed E-state index contributed by atoms with van der Waals surface area (Å²) in [5.74, 6) is 2.76. The van der Waals surface area contributed by atoms with Crippen LogP contribution in [0.1, 0.15) is 51.9 Å². The molecule has 3 unspecified atom stereocenters. The molecule has 0 aromatic carbocycles. The lowest BCUT2D eigenvalue weighted by molar-refractivity contribution is 0.212. The molecule has 1 heteroatoms. The van der Waals surface area contributed by atoms with Gasteiger partial charge in [0, 0.05) is 5.38 Å². The molecule has 0 bridgehead atoms. The van der Waals surface area contributed by atoms with Crippen LogP contribution in [0.25, 0.3) is 0 Å². The fraction of sp³-hybridized carbons (Fsp3) is 1.00. The second-order valence-corrected chi connectivity index (χ2v) is 5.57. The van der Waals surface area contributed by atoms with E-state index in [2.05, 4.69) is 6.92 Å². The van der Waals surface area contributed by atoms with Gasteiger partial charge in [0.25, 0.3) is 0 Å². The molecule has 0 saturated heterocycles. The zero-order valence-corrected chi connectivity index (χ0v) is 9.39. The Kier molecular flexibility index (Phi) is 3.18. The molecule has 2 aliphatic rings. The van der Waals surface area contributed by atoms with Crippen molar-refractivity contribution in [2.45, 2.75) is 57.2 Å². The smallest absolute Gasteiger partial charge is 0.0364 e. The van der Waals surface area contributed by atoms with Crippen LogP contribution in [-0.2, 0) is 0 Å². The van der Waals surface area contributed by atoms with Gasteiger partial charge in [0.05, 0.1) is 0 Å². The standard InChI is InChI=1S/C12H21Cl/c1-9-11(7-8-12(9)13)10-5-3-2-4-6-10/h9-12H,2-8H2,1H3. The summed E-state index contributed by atoms with van der Waals surface area (Å²) in [6, 6.07) is 0. The Bertz CT molecular complexity index is 161. The summed E-state index contributed by atoms with van der Waals surface area (Å²) in [6.07, 6.45) is 10.1. The molecular formula is C12H21Cl. The molecule has 2 fully saturated rings. The van der Waals surface area contributed by atoms with Gasteiger partial charge in [-0.25, -0.2) is 0 Å². The second-order valence-electron chi connectivity index (χ2n) is 5.01. The van der Waals surface area contributed by atoms with Gasteiger partial charge in [-0.3, -0.25) is 0 Å². The molecule has 0 heterocycles. The highest BCUT2D eigenvalue weighted by atomic mass is 35.5. The fourth-order valence-corrected chi connectivity index (χ4v) is 3.69. The van der Waals surface area contributed by atoms with Gasteiger partial charge in [-0.05, 0) is 30.6 Å². The van der Waals surface area contributed by atoms with Gasteiger partial charge >= 0.3 is 0 Å². The number of hydrogen-bond acceptors (Lipinski definition) is 0. The van der Waals surface area contributed by atoms with E-state index in [1.54, 1.807) is 0 Å². The Morgan fingerprint density at radius 3 is 2.15 bits per heavy atom.